The number of hydrogen-bond donors (Lipinski definition) is 2. The molecule has 0 radical (unpaired) electrons. The molecule has 20 heavy (non-hydrogen) atoms. The number of aliphatic hydroxyl groups is 1. The normalized spacial score (nSPS) is 17.6. The molecule has 1 aromatic rings. The van der Waals surface area contributed by atoms with E-state index in [0.717, 1.165) is 31.7 Å². The Labute approximate surface area is 140 Å². The highest BCUT2D eigenvalue weighted by Crippen LogP contribution is 2.37. The van der Waals surface area contributed by atoms with Gasteiger partial charge in [0.05, 0.1) is 10.0 Å². The second kappa shape index (κ2) is 8.64. The lowest BCUT2D eigenvalue weighted by Crippen LogP contribution is -2.45. The van der Waals surface area contributed by atoms with Crippen molar-refractivity contribution in [3.05, 3.63) is 32.8 Å². The van der Waals surface area contributed by atoms with Crippen LogP contribution in [0.3, 0.4) is 0 Å². The third-order valence-electron chi connectivity index (χ3n) is 3.38. The van der Waals surface area contributed by atoms with Crippen LogP contribution in [-0.2, 0) is 0 Å². The zero-order valence-electron chi connectivity index (χ0n) is 10.9. The third kappa shape index (κ3) is 4.38. The van der Waals surface area contributed by atoms with Gasteiger partial charge in [0, 0.05) is 43.9 Å². The number of benzene rings is 1. The molecule has 1 fully saturated rings. The van der Waals surface area contributed by atoms with Crippen molar-refractivity contribution < 1.29 is 5.11 Å². The second-order valence-electron chi connectivity index (χ2n) is 4.60. The molecule has 3 nitrogen and oxygen atoms in total. The maximum Gasteiger partial charge on any atom is 0.0641 e. The van der Waals surface area contributed by atoms with E-state index >= 15 is 0 Å². The van der Waals surface area contributed by atoms with Crippen molar-refractivity contribution in [2.45, 2.75) is 12.5 Å². The number of nitrogens with one attached hydrogen (secondary N) is 1. The molecule has 1 aromatic carbocycles. The van der Waals surface area contributed by atoms with Crippen LogP contribution in [0.25, 0.3) is 0 Å². The first kappa shape index (κ1) is 18.3. The van der Waals surface area contributed by atoms with E-state index in [4.69, 9.17) is 34.8 Å². The molecule has 2 N–H and O–H groups in total. The smallest absolute Gasteiger partial charge is 0.0641 e. The summed E-state index contributed by atoms with van der Waals surface area (Å²) in [4.78, 5) is 2.31. The van der Waals surface area contributed by atoms with Gasteiger partial charge in [0.1, 0.15) is 0 Å². The van der Waals surface area contributed by atoms with Crippen LogP contribution in [-0.4, -0.2) is 42.8 Å². The van der Waals surface area contributed by atoms with Crippen LogP contribution in [0.4, 0.5) is 0 Å². The Morgan fingerprint density at radius 3 is 2.45 bits per heavy atom. The molecule has 0 aromatic heterocycles. The summed E-state index contributed by atoms with van der Waals surface area (Å²) < 4.78 is 0. The first-order valence-electron chi connectivity index (χ1n) is 6.33. The van der Waals surface area contributed by atoms with Crippen LogP contribution < -0.4 is 5.32 Å². The van der Waals surface area contributed by atoms with Gasteiger partial charge in [-0.3, -0.25) is 4.90 Å². The van der Waals surface area contributed by atoms with Crippen LogP contribution in [0.2, 0.25) is 15.1 Å². The summed E-state index contributed by atoms with van der Waals surface area (Å²) in [5.41, 5.74) is 0.898. The maximum absolute atomic E-state index is 9.31. The Bertz CT molecular complexity index is 439. The lowest BCUT2D eigenvalue weighted by atomic mass is 10.0. The van der Waals surface area contributed by atoms with Gasteiger partial charge >= 0.3 is 0 Å². The Morgan fingerprint density at radius 2 is 1.85 bits per heavy atom. The Balaban J connectivity index is 0.00000200. The fourth-order valence-electron chi connectivity index (χ4n) is 2.47. The summed E-state index contributed by atoms with van der Waals surface area (Å²) in [7, 11) is 0. The van der Waals surface area contributed by atoms with Crippen LogP contribution in [0.15, 0.2) is 12.1 Å². The zero-order chi connectivity index (χ0) is 13.8. The highest BCUT2D eigenvalue weighted by Gasteiger charge is 2.24. The average Bonchev–Trinajstić information content (AvgIpc) is 2.41. The van der Waals surface area contributed by atoms with Crippen molar-refractivity contribution in [1.29, 1.82) is 0 Å². The van der Waals surface area contributed by atoms with Crippen molar-refractivity contribution in [3.8, 4) is 0 Å². The summed E-state index contributed by atoms with van der Waals surface area (Å²) in [5, 5.41) is 14.2. The summed E-state index contributed by atoms with van der Waals surface area (Å²) in [5.74, 6) is 0. The van der Waals surface area contributed by atoms with Crippen molar-refractivity contribution in [2.24, 2.45) is 0 Å². The van der Waals surface area contributed by atoms with Crippen LogP contribution in [0, 0.1) is 0 Å². The van der Waals surface area contributed by atoms with Crippen molar-refractivity contribution in [2.75, 3.05) is 32.8 Å². The Hall–Kier alpha value is 0.260. The predicted molar refractivity (Wildman–Crippen MR) is 87.6 cm³/mol. The van der Waals surface area contributed by atoms with Gasteiger partial charge in [-0.1, -0.05) is 34.8 Å². The largest absolute Gasteiger partial charge is 0.396 e. The average molecular weight is 360 g/mol. The molecule has 114 valence electrons. The number of hydrogen-bond acceptors (Lipinski definition) is 3. The SMILES string of the molecule is Cl.OCC[C@@H](c1cc(Cl)cc(Cl)c1Cl)N1CCNCC1. The van der Waals surface area contributed by atoms with Crippen LogP contribution in [0.1, 0.15) is 18.0 Å². The fourth-order valence-corrected chi connectivity index (χ4v) is 3.21. The molecule has 2 rings (SSSR count). The lowest BCUT2D eigenvalue weighted by Gasteiger charge is -2.35. The van der Waals surface area contributed by atoms with Gasteiger partial charge in [0.15, 0.2) is 0 Å². The Morgan fingerprint density at radius 1 is 1.20 bits per heavy atom. The first-order valence-corrected chi connectivity index (χ1v) is 7.47. The van der Waals surface area contributed by atoms with E-state index in [2.05, 4.69) is 10.2 Å². The van der Waals surface area contributed by atoms with E-state index in [1.807, 2.05) is 6.07 Å². The van der Waals surface area contributed by atoms with Crippen molar-refractivity contribution in [1.82, 2.24) is 10.2 Å². The van der Waals surface area contributed by atoms with Crippen molar-refractivity contribution >= 4 is 47.2 Å². The molecule has 7 heteroatoms. The molecule has 1 saturated heterocycles. The molecule has 1 heterocycles. The van der Waals surface area contributed by atoms with Crippen LogP contribution in [0.5, 0.6) is 0 Å². The molecule has 0 amide bonds. The molecule has 0 spiro atoms. The number of piperazine rings is 1. The Kier molecular flexibility index (Phi) is 7.91. The molecule has 1 aliphatic rings. The van der Waals surface area contributed by atoms with Crippen LogP contribution >= 0.6 is 47.2 Å². The van der Waals surface area contributed by atoms with Gasteiger partial charge in [0.25, 0.3) is 0 Å². The van der Waals surface area contributed by atoms with Gasteiger partial charge in [-0.15, -0.1) is 12.4 Å². The quantitative estimate of drug-likeness (QED) is 0.808. The molecular weight excluding hydrogens is 342 g/mol. The van der Waals surface area contributed by atoms with Gasteiger partial charge in [-0.2, -0.15) is 0 Å². The number of halogens is 4. The van der Waals surface area contributed by atoms with E-state index in [-0.39, 0.29) is 25.1 Å². The molecule has 0 aliphatic carbocycles. The molecule has 1 atom stereocenters. The third-order valence-corrected chi connectivity index (χ3v) is 4.41. The summed E-state index contributed by atoms with van der Waals surface area (Å²) >= 11 is 18.5. The minimum Gasteiger partial charge on any atom is -0.396 e. The molecular formula is C13H18Cl4N2O. The summed E-state index contributed by atoms with van der Waals surface area (Å²) in [6.07, 6.45) is 0.621. The predicted octanol–water partition coefficient (Wildman–Crippen LogP) is 3.40. The number of nitrogens with zero attached hydrogens (tertiary/aromatic N) is 1. The minimum atomic E-state index is 0. The topological polar surface area (TPSA) is 35.5 Å². The van der Waals surface area contributed by atoms with E-state index < -0.39 is 0 Å². The van der Waals surface area contributed by atoms with E-state index in [9.17, 15) is 5.11 Å². The standard InChI is InChI=1S/C13H17Cl3N2O.ClH/c14-9-7-10(13(16)11(15)8-9)12(1-6-19)18-4-2-17-3-5-18;/h7-8,12,17,19H,1-6H2;1H/t12-;/m0./s1. The van der Waals surface area contributed by atoms with Gasteiger partial charge < -0.3 is 10.4 Å². The lowest BCUT2D eigenvalue weighted by molar-refractivity contribution is 0.141. The van der Waals surface area contributed by atoms with E-state index in [0.29, 0.717) is 21.5 Å². The highest BCUT2D eigenvalue weighted by atomic mass is 35.5. The van der Waals surface area contributed by atoms with Gasteiger partial charge in [0.2, 0.25) is 0 Å². The number of rotatable bonds is 4. The van der Waals surface area contributed by atoms with Gasteiger partial charge in [-0.05, 0) is 24.1 Å². The number of aliphatic hydroxyl groups excluding tert-OH is 1. The molecule has 0 bridgehead atoms. The summed E-state index contributed by atoms with van der Waals surface area (Å²) in [6, 6.07) is 3.54. The zero-order valence-corrected chi connectivity index (χ0v) is 14.0. The minimum absolute atomic E-state index is 0. The first-order chi connectivity index (χ1) is 9.13. The molecule has 0 saturated carbocycles. The van der Waals surface area contributed by atoms with Crippen molar-refractivity contribution in [3.63, 3.8) is 0 Å². The highest BCUT2D eigenvalue weighted by molar-refractivity contribution is 6.43. The summed E-state index contributed by atoms with van der Waals surface area (Å²) in [6.45, 7) is 3.83. The molecule has 1 aliphatic heterocycles. The van der Waals surface area contributed by atoms with E-state index in [1.165, 1.54) is 0 Å². The van der Waals surface area contributed by atoms with Gasteiger partial charge in [-0.25, -0.2) is 0 Å². The monoisotopic (exact) mass is 358 g/mol. The maximum atomic E-state index is 9.31. The second-order valence-corrected chi connectivity index (χ2v) is 5.83. The van der Waals surface area contributed by atoms with E-state index in [1.54, 1.807) is 6.07 Å². The fraction of sp³-hybridized carbons (Fsp3) is 0.538. The molecule has 0 unspecified atom stereocenters.